The maximum absolute atomic E-state index is 9.06. The van der Waals surface area contributed by atoms with Gasteiger partial charge in [-0.05, 0) is 58.8 Å². The van der Waals surface area contributed by atoms with E-state index in [0.717, 1.165) is 25.9 Å². The molecule has 0 aliphatic carbocycles. The zero-order valence-corrected chi connectivity index (χ0v) is 10.4. The smallest absolute Gasteiger partial charge is 0.0687 e. The summed E-state index contributed by atoms with van der Waals surface area (Å²) < 4.78 is 0. The first kappa shape index (κ1) is 11.9. The van der Waals surface area contributed by atoms with Crippen molar-refractivity contribution in [2.45, 2.75) is 32.6 Å². The van der Waals surface area contributed by atoms with E-state index in [1.54, 1.807) is 0 Å². The Balaban J connectivity index is 1.67. The molecule has 2 rings (SSSR count). The van der Waals surface area contributed by atoms with Crippen LogP contribution in [0.3, 0.4) is 0 Å². The lowest BCUT2D eigenvalue weighted by Crippen LogP contribution is -2.41. The molecule has 3 heteroatoms. The molecule has 3 nitrogen and oxygen atoms in total. The zero-order chi connectivity index (χ0) is 11.4. The SMILES string of the molecule is CC1(C#N)CCN(CCN2CCCC2)CC1. The number of hydrogen-bond acceptors (Lipinski definition) is 3. The average molecular weight is 221 g/mol. The van der Waals surface area contributed by atoms with Crippen LogP contribution in [0, 0.1) is 16.7 Å². The topological polar surface area (TPSA) is 30.3 Å². The second-order valence-corrected chi connectivity index (χ2v) is 5.56. The minimum absolute atomic E-state index is 0.0514. The second kappa shape index (κ2) is 5.16. The van der Waals surface area contributed by atoms with Gasteiger partial charge in [-0.25, -0.2) is 0 Å². The van der Waals surface area contributed by atoms with Crippen molar-refractivity contribution in [1.29, 1.82) is 5.26 Å². The van der Waals surface area contributed by atoms with Gasteiger partial charge in [0.25, 0.3) is 0 Å². The summed E-state index contributed by atoms with van der Waals surface area (Å²) >= 11 is 0. The van der Waals surface area contributed by atoms with Crippen LogP contribution >= 0.6 is 0 Å². The van der Waals surface area contributed by atoms with Crippen molar-refractivity contribution < 1.29 is 0 Å². The molecule has 0 amide bonds. The molecule has 2 fully saturated rings. The van der Waals surface area contributed by atoms with E-state index in [0.29, 0.717) is 0 Å². The molecular formula is C13H23N3. The van der Waals surface area contributed by atoms with Crippen LogP contribution in [0.4, 0.5) is 0 Å². The number of nitriles is 1. The lowest BCUT2D eigenvalue weighted by atomic mass is 9.82. The van der Waals surface area contributed by atoms with Gasteiger partial charge in [-0.3, -0.25) is 0 Å². The highest BCUT2D eigenvalue weighted by molar-refractivity contribution is 4.98. The molecule has 16 heavy (non-hydrogen) atoms. The molecule has 0 radical (unpaired) electrons. The van der Waals surface area contributed by atoms with Crippen LogP contribution in [-0.4, -0.2) is 49.1 Å². The third kappa shape index (κ3) is 2.96. The van der Waals surface area contributed by atoms with Crippen molar-refractivity contribution >= 4 is 0 Å². The Kier molecular flexibility index (Phi) is 3.83. The van der Waals surface area contributed by atoms with Gasteiger partial charge in [-0.2, -0.15) is 5.26 Å². The van der Waals surface area contributed by atoms with Crippen molar-refractivity contribution in [3.05, 3.63) is 0 Å². The minimum Gasteiger partial charge on any atom is -0.302 e. The maximum Gasteiger partial charge on any atom is 0.0687 e. The van der Waals surface area contributed by atoms with Crippen LogP contribution in [-0.2, 0) is 0 Å². The van der Waals surface area contributed by atoms with Crippen LogP contribution in [0.5, 0.6) is 0 Å². The van der Waals surface area contributed by atoms with Gasteiger partial charge < -0.3 is 9.80 Å². The quantitative estimate of drug-likeness (QED) is 0.727. The van der Waals surface area contributed by atoms with Crippen molar-refractivity contribution in [2.75, 3.05) is 39.3 Å². The number of hydrogen-bond donors (Lipinski definition) is 0. The highest BCUT2D eigenvalue weighted by Gasteiger charge is 2.29. The Morgan fingerprint density at radius 1 is 1.00 bits per heavy atom. The second-order valence-electron chi connectivity index (χ2n) is 5.56. The summed E-state index contributed by atoms with van der Waals surface area (Å²) in [6.45, 7) is 9.33. The molecular weight excluding hydrogens is 198 g/mol. The standard InChI is InChI=1S/C13H23N3/c1-13(12-14)4-8-16(9-5-13)11-10-15-6-2-3-7-15/h2-11H2,1H3. The van der Waals surface area contributed by atoms with Crippen LogP contribution < -0.4 is 0 Å². The predicted octanol–water partition coefficient (Wildman–Crippen LogP) is 1.71. The van der Waals surface area contributed by atoms with Crippen molar-refractivity contribution in [1.82, 2.24) is 9.80 Å². The molecule has 2 saturated heterocycles. The normalized spacial score (nSPS) is 26.8. The molecule has 0 unspecified atom stereocenters. The number of rotatable bonds is 3. The number of nitrogens with zero attached hydrogens (tertiary/aromatic N) is 3. The first-order chi connectivity index (χ1) is 7.72. The highest BCUT2D eigenvalue weighted by atomic mass is 15.2. The molecule has 2 heterocycles. The van der Waals surface area contributed by atoms with Crippen LogP contribution in [0.2, 0.25) is 0 Å². The Morgan fingerprint density at radius 2 is 1.50 bits per heavy atom. The van der Waals surface area contributed by atoms with Crippen LogP contribution in [0.1, 0.15) is 32.6 Å². The summed E-state index contributed by atoms with van der Waals surface area (Å²) in [4.78, 5) is 5.09. The summed E-state index contributed by atoms with van der Waals surface area (Å²) in [5.41, 5.74) is -0.0514. The summed E-state index contributed by atoms with van der Waals surface area (Å²) in [7, 11) is 0. The summed E-state index contributed by atoms with van der Waals surface area (Å²) in [5, 5.41) is 9.06. The predicted molar refractivity (Wildman–Crippen MR) is 65.1 cm³/mol. The Morgan fingerprint density at radius 3 is 2.00 bits per heavy atom. The first-order valence-corrected chi connectivity index (χ1v) is 6.58. The molecule has 0 N–H and O–H groups in total. The van der Waals surface area contributed by atoms with E-state index in [-0.39, 0.29) is 5.41 Å². The fourth-order valence-corrected chi connectivity index (χ4v) is 2.67. The number of piperidine rings is 1. The van der Waals surface area contributed by atoms with Crippen molar-refractivity contribution in [3.8, 4) is 6.07 Å². The van der Waals surface area contributed by atoms with E-state index in [9.17, 15) is 0 Å². The molecule has 0 atom stereocenters. The highest BCUT2D eigenvalue weighted by Crippen LogP contribution is 2.29. The van der Waals surface area contributed by atoms with E-state index < -0.39 is 0 Å². The summed E-state index contributed by atoms with van der Waals surface area (Å²) in [6.07, 6.45) is 4.85. The van der Waals surface area contributed by atoms with E-state index in [4.69, 9.17) is 5.26 Å². The van der Waals surface area contributed by atoms with Gasteiger partial charge in [0, 0.05) is 13.1 Å². The van der Waals surface area contributed by atoms with E-state index in [1.807, 2.05) is 0 Å². The Labute approximate surface area is 99.0 Å². The maximum atomic E-state index is 9.06. The average Bonchev–Trinajstić information content (AvgIpc) is 2.81. The van der Waals surface area contributed by atoms with Gasteiger partial charge in [0.05, 0.1) is 11.5 Å². The van der Waals surface area contributed by atoms with E-state index in [1.165, 1.54) is 39.0 Å². The van der Waals surface area contributed by atoms with Gasteiger partial charge in [0.15, 0.2) is 0 Å². The van der Waals surface area contributed by atoms with Crippen molar-refractivity contribution in [3.63, 3.8) is 0 Å². The summed E-state index contributed by atoms with van der Waals surface area (Å²) in [6, 6.07) is 2.46. The fourth-order valence-electron chi connectivity index (χ4n) is 2.67. The van der Waals surface area contributed by atoms with E-state index >= 15 is 0 Å². The molecule has 0 spiro atoms. The molecule has 0 bridgehead atoms. The first-order valence-electron chi connectivity index (χ1n) is 6.58. The van der Waals surface area contributed by atoms with Gasteiger partial charge in [0.1, 0.15) is 0 Å². The molecule has 0 saturated carbocycles. The van der Waals surface area contributed by atoms with Gasteiger partial charge in [-0.1, -0.05) is 0 Å². The van der Waals surface area contributed by atoms with Crippen LogP contribution in [0.15, 0.2) is 0 Å². The van der Waals surface area contributed by atoms with Crippen molar-refractivity contribution in [2.24, 2.45) is 5.41 Å². The summed E-state index contributed by atoms with van der Waals surface area (Å²) in [5.74, 6) is 0. The monoisotopic (exact) mass is 221 g/mol. The number of likely N-dealkylation sites (tertiary alicyclic amines) is 2. The van der Waals surface area contributed by atoms with E-state index in [2.05, 4.69) is 22.8 Å². The molecule has 0 aromatic carbocycles. The zero-order valence-electron chi connectivity index (χ0n) is 10.4. The molecule has 2 aliphatic rings. The largest absolute Gasteiger partial charge is 0.302 e. The van der Waals surface area contributed by atoms with Gasteiger partial charge in [0.2, 0.25) is 0 Å². The Hall–Kier alpha value is -0.590. The van der Waals surface area contributed by atoms with Gasteiger partial charge in [-0.15, -0.1) is 0 Å². The lowest BCUT2D eigenvalue weighted by Gasteiger charge is -2.35. The lowest BCUT2D eigenvalue weighted by molar-refractivity contribution is 0.142. The minimum atomic E-state index is -0.0514. The third-order valence-electron chi connectivity index (χ3n) is 4.16. The fraction of sp³-hybridized carbons (Fsp3) is 0.923. The molecule has 0 aromatic rings. The van der Waals surface area contributed by atoms with Gasteiger partial charge >= 0.3 is 0 Å². The Bertz CT molecular complexity index is 255. The molecule has 90 valence electrons. The van der Waals surface area contributed by atoms with Crippen LogP contribution in [0.25, 0.3) is 0 Å². The molecule has 0 aromatic heterocycles. The third-order valence-corrected chi connectivity index (χ3v) is 4.16. The molecule has 2 aliphatic heterocycles.